The summed E-state index contributed by atoms with van der Waals surface area (Å²) in [4.78, 5) is 12.0. The Hall–Kier alpha value is -2.07. The van der Waals surface area contributed by atoms with E-state index in [4.69, 9.17) is 23.7 Å². The number of benzene rings is 2. The van der Waals surface area contributed by atoms with Crippen molar-refractivity contribution in [2.24, 2.45) is 0 Å². The number of esters is 1. The van der Waals surface area contributed by atoms with Gasteiger partial charge < -0.3 is 28.8 Å². The van der Waals surface area contributed by atoms with E-state index in [-0.39, 0.29) is 12.6 Å². The lowest BCUT2D eigenvalue weighted by molar-refractivity contribution is -0.373. The van der Waals surface area contributed by atoms with Crippen LogP contribution in [-0.4, -0.2) is 57.5 Å². The Labute approximate surface area is 189 Å². The highest BCUT2D eigenvalue weighted by molar-refractivity contribution is 6.59. The van der Waals surface area contributed by atoms with E-state index < -0.39 is 45.8 Å². The van der Waals surface area contributed by atoms with E-state index in [1.165, 1.54) is 0 Å². The van der Waals surface area contributed by atoms with Crippen molar-refractivity contribution in [1.29, 1.82) is 0 Å². The fraction of sp³-hybridized carbons (Fsp3) is 0.458. The number of carbonyl (C=O) groups is 1. The molecule has 4 rings (SSSR count). The fourth-order valence-corrected chi connectivity index (χ4v) is 4.68. The second kappa shape index (κ2) is 10.7. The molecule has 0 amide bonds. The third-order valence-corrected chi connectivity index (χ3v) is 6.62. The van der Waals surface area contributed by atoms with Crippen molar-refractivity contribution in [2.45, 2.75) is 56.1 Å². The van der Waals surface area contributed by atoms with Crippen LogP contribution in [0.25, 0.3) is 0 Å². The molecule has 2 aromatic carbocycles. The summed E-state index contributed by atoms with van der Waals surface area (Å²) in [6.45, 7) is 4.29. The third kappa shape index (κ3) is 5.64. The van der Waals surface area contributed by atoms with E-state index in [1.807, 2.05) is 60.7 Å². The van der Waals surface area contributed by atoms with Crippen LogP contribution in [0.5, 0.6) is 0 Å². The van der Waals surface area contributed by atoms with Crippen molar-refractivity contribution in [3.63, 3.8) is 0 Å². The molecule has 0 aromatic heterocycles. The third-order valence-electron chi connectivity index (χ3n) is 5.47. The number of carbonyl (C=O) groups excluding carboxylic acids is 1. The normalized spacial score (nSPS) is 28.7. The van der Waals surface area contributed by atoms with Crippen LogP contribution >= 0.6 is 0 Å². The Morgan fingerprint density at radius 2 is 1.62 bits per heavy atom. The van der Waals surface area contributed by atoms with Gasteiger partial charge in [-0.05, 0) is 0 Å². The predicted octanol–water partition coefficient (Wildman–Crippen LogP) is 2.97. The topological polar surface area (TPSA) is 83.5 Å². The lowest BCUT2D eigenvalue weighted by Gasteiger charge is -2.47. The number of hydrogen-bond donors (Lipinski definition) is 1. The lowest BCUT2D eigenvalue weighted by Crippen LogP contribution is -2.58. The van der Waals surface area contributed by atoms with Crippen molar-refractivity contribution >= 4 is 14.8 Å². The highest BCUT2D eigenvalue weighted by Gasteiger charge is 2.48. The summed E-state index contributed by atoms with van der Waals surface area (Å²) >= 11 is 0. The minimum absolute atomic E-state index is 0.157. The number of aliphatic hydroxyl groups excluding tert-OH is 1. The molecule has 2 heterocycles. The SMILES string of the molecule is C[SiH](C)CC(=O)OCC(O)C1OC(c2ccccc2)OC2COC(c3ccccc3)OC21. The van der Waals surface area contributed by atoms with Crippen LogP contribution in [0.3, 0.4) is 0 Å². The van der Waals surface area contributed by atoms with E-state index in [0.717, 1.165) is 11.1 Å². The summed E-state index contributed by atoms with van der Waals surface area (Å²) in [5.74, 6) is -0.288. The summed E-state index contributed by atoms with van der Waals surface area (Å²) in [5.41, 5.74) is 1.70. The first-order valence-electron chi connectivity index (χ1n) is 11.0. The van der Waals surface area contributed by atoms with E-state index in [9.17, 15) is 9.90 Å². The lowest BCUT2D eigenvalue weighted by atomic mass is 9.99. The summed E-state index contributed by atoms with van der Waals surface area (Å²) < 4.78 is 29.8. The van der Waals surface area contributed by atoms with E-state index in [0.29, 0.717) is 12.7 Å². The number of fused-ring (bicyclic) bond motifs is 1. The molecule has 6 unspecified atom stereocenters. The van der Waals surface area contributed by atoms with Gasteiger partial charge in [-0.15, -0.1) is 0 Å². The maximum Gasteiger partial charge on any atom is 0.302 e. The molecule has 32 heavy (non-hydrogen) atoms. The minimum Gasteiger partial charge on any atom is -0.463 e. The first-order valence-corrected chi connectivity index (χ1v) is 14.2. The average Bonchev–Trinajstić information content (AvgIpc) is 2.82. The van der Waals surface area contributed by atoms with Crippen LogP contribution in [0, 0.1) is 0 Å². The zero-order valence-electron chi connectivity index (χ0n) is 18.3. The second-order valence-electron chi connectivity index (χ2n) is 8.54. The molecule has 8 heteroatoms. The molecule has 0 spiro atoms. The smallest absolute Gasteiger partial charge is 0.302 e. The zero-order chi connectivity index (χ0) is 22.5. The van der Waals surface area contributed by atoms with Gasteiger partial charge in [-0.1, -0.05) is 73.8 Å². The van der Waals surface area contributed by atoms with Crippen LogP contribution in [0.1, 0.15) is 23.7 Å². The zero-order valence-corrected chi connectivity index (χ0v) is 19.5. The molecule has 2 aliphatic heterocycles. The van der Waals surface area contributed by atoms with Crippen molar-refractivity contribution in [3.8, 4) is 0 Å². The standard InChI is InChI=1S/C24H30O7Si/c1-32(2)15-20(26)27-13-18(25)21-22-19(29-24(30-21)17-11-7-4-8-12-17)14-28-23(31-22)16-9-5-3-6-10-16/h3-12,18-19,21-25,32H,13-15H2,1-2H3. The molecule has 0 radical (unpaired) electrons. The van der Waals surface area contributed by atoms with Gasteiger partial charge in [0.1, 0.15) is 31.0 Å². The van der Waals surface area contributed by atoms with Crippen LogP contribution in [0.15, 0.2) is 60.7 Å². The Morgan fingerprint density at radius 1 is 1.00 bits per heavy atom. The molecule has 0 aliphatic carbocycles. The molecule has 2 fully saturated rings. The number of aliphatic hydroxyl groups is 1. The highest BCUT2D eigenvalue weighted by atomic mass is 28.3. The molecule has 7 nitrogen and oxygen atoms in total. The van der Waals surface area contributed by atoms with Crippen molar-refractivity contribution in [2.75, 3.05) is 13.2 Å². The maximum absolute atomic E-state index is 12.0. The van der Waals surface area contributed by atoms with Gasteiger partial charge in [0, 0.05) is 26.0 Å². The quantitative estimate of drug-likeness (QED) is 0.504. The molecular formula is C24H30O7Si. The maximum atomic E-state index is 12.0. The first kappa shape index (κ1) is 23.1. The molecule has 0 saturated carbocycles. The van der Waals surface area contributed by atoms with Crippen LogP contribution in [-0.2, 0) is 28.5 Å². The van der Waals surface area contributed by atoms with Crippen LogP contribution in [0.4, 0.5) is 0 Å². The number of rotatable bonds is 7. The molecule has 0 bridgehead atoms. The van der Waals surface area contributed by atoms with Gasteiger partial charge in [0.05, 0.1) is 6.61 Å². The summed E-state index contributed by atoms with van der Waals surface area (Å²) in [7, 11) is -1.09. The van der Waals surface area contributed by atoms with Gasteiger partial charge in [0.25, 0.3) is 0 Å². The van der Waals surface area contributed by atoms with Crippen molar-refractivity contribution < 1.29 is 33.6 Å². The van der Waals surface area contributed by atoms with Gasteiger partial charge in [-0.2, -0.15) is 0 Å². The largest absolute Gasteiger partial charge is 0.463 e. The Bertz CT molecular complexity index is 863. The van der Waals surface area contributed by atoms with E-state index in [1.54, 1.807) is 0 Å². The van der Waals surface area contributed by atoms with Gasteiger partial charge in [-0.25, -0.2) is 0 Å². The second-order valence-corrected chi connectivity index (χ2v) is 11.7. The molecule has 6 atom stereocenters. The van der Waals surface area contributed by atoms with Crippen LogP contribution in [0.2, 0.25) is 19.1 Å². The Kier molecular flexibility index (Phi) is 7.72. The highest BCUT2D eigenvalue weighted by Crippen LogP contribution is 2.38. The Balaban J connectivity index is 1.50. The molecule has 2 saturated heterocycles. The number of hydrogen-bond acceptors (Lipinski definition) is 7. The fourth-order valence-electron chi connectivity index (χ4n) is 3.89. The van der Waals surface area contributed by atoms with Crippen molar-refractivity contribution in [3.05, 3.63) is 71.8 Å². The average molecular weight is 459 g/mol. The molecule has 1 N–H and O–H groups in total. The first-order chi connectivity index (χ1) is 15.5. The predicted molar refractivity (Wildman–Crippen MR) is 120 cm³/mol. The Morgan fingerprint density at radius 3 is 2.25 bits per heavy atom. The molecule has 2 aromatic rings. The summed E-state index contributed by atoms with van der Waals surface area (Å²) in [6, 6.07) is 19.5. The van der Waals surface area contributed by atoms with Gasteiger partial charge in [0.15, 0.2) is 12.6 Å². The van der Waals surface area contributed by atoms with E-state index >= 15 is 0 Å². The number of ether oxygens (including phenoxy) is 5. The van der Waals surface area contributed by atoms with Crippen LogP contribution < -0.4 is 0 Å². The molecule has 172 valence electrons. The van der Waals surface area contributed by atoms with Crippen molar-refractivity contribution in [1.82, 2.24) is 0 Å². The summed E-state index contributed by atoms with van der Waals surface area (Å²) in [5, 5.41) is 11.0. The van der Waals surface area contributed by atoms with Gasteiger partial charge in [-0.3, -0.25) is 4.79 Å². The van der Waals surface area contributed by atoms with Gasteiger partial charge >= 0.3 is 5.97 Å². The molecule has 2 aliphatic rings. The minimum atomic E-state index is -1.09. The summed E-state index contributed by atoms with van der Waals surface area (Å²) in [6.07, 6.45) is -4.11. The van der Waals surface area contributed by atoms with E-state index in [2.05, 4.69) is 13.1 Å². The molecular weight excluding hydrogens is 428 g/mol. The van der Waals surface area contributed by atoms with Gasteiger partial charge in [0.2, 0.25) is 0 Å². The monoisotopic (exact) mass is 458 g/mol.